The molecule has 0 saturated heterocycles. The normalized spacial score (nSPS) is 10.4. The van der Waals surface area contributed by atoms with Crippen molar-refractivity contribution in [3.05, 3.63) is 39.5 Å². The molecule has 0 aliphatic rings. The van der Waals surface area contributed by atoms with Crippen LogP contribution in [0.4, 0.5) is 5.82 Å². The van der Waals surface area contributed by atoms with Gasteiger partial charge in [-0.1, -0.05) is 0 Å². The zero-order valence-corrected chi connectivity index (χ0v) is 11.7. The zero-order valence-electron chi connectivity index (χ0n) is 10.9. The van der Waals surface area contributed by atoms with Crippen molar-refractivity contribution in [2.75, 3.05) is 19.0 Å². The number of nitrogens with zero attached hydrogens (tertiary/aromatic N) is 3. The average Bonchev–Trinajstić information content (AvgIpc) is 2.67. The van der Waals surface area contributed by atoms with Crippen LogP contribution < -0.4 is 4.90 Å². The largest absolute Gasteiger partial charge is 0.363 e. The van der Waals surface area contributed by atoms with Crippen molar-refractivity contribution in [2.45, 2.75) is 13.8 Å². The van der Waals surface area contributed by atoms with Gasteiger partial charge in [-0.25, -0.2) is 9.97 Å². The molecule has 94 valence electrons. The van der Waals surface area contributed by atoms with Gasteiger partial charge in [-0.2, -0.15) is 0 Å². The van der Waals surface area contributed by atoms with Crippen molar-refractivity contribution < 1.29 is 4.79 Å². The molecule has 0 saturated carbocycles. The van der Waals surface area contributed by atoms with Gasteiger partial charge in [-0.05, 0) is 26.0 Å². The topological polar surface area (TPSA) is 46.1 Å². The first kappa shape index (κ1) is 12.7. The molecular weight excluding hydrogens is 246 g/mol. The number of aryl methyl sites for hydroxylation is 2. The highest BCUT2D eigenvalue weighted by molar-refractivity contribution is 7.14. The summed E-state index contributed by atoms with van der Waals surface area (Å²) in [4.78, 5) is 23.4. The average molecular weight is 261 g/mol. The second kappa shape index (κ2) is 4.86. The van der Waals surface area contributed by atoms with Crippen molar-refractivity contribution in [3.63, 3.8) is 0 Å². The number of carbonyl (C=O) groups excluding carboxylic acids is 1. The molecule has 0 radical (unpaired) electrons. The molecule has 5 heteroatoms. The van der Waals surface area contributed by atoms with Gasteiger partial charge in [-0.15, -0.1) is 11.3 Å². The molecule has 2 aromatic heterocycles. The first-order chi connectivity index (χ1) is 8.49. The number of thiazole rings is 1. The van der Waals surface area contributed by atoms with E-state index in [0.29, 0.717) is 10.4 Å². The van der Waals surface area contributed by atoms with Crippen molar-refractivity contribution >= 4 is 22.9 Å². The van der Waals surface area contributed by atoms with Gasteiger partial charge in [-0.3, -0.25) is 4.79 Å². The molecule has 0 fully saturated rings. The second-order valence-corrected chi connectivity index (χ2v) is 5.48. The van der Waals surface area contributed by atoms with E-state index in [2.05, 4.69) is 9.97 Å². The number of carbonyl (C=O) groups is 1. The lowest BCUT2D eigenvalue weighted by atomic mass is 10.1. The fraction of sp³-hybridized carbons (Fsp3) is 0.308. The van der Waals surface area contributed by atoms with Crippen molar-refractivity contribution in [1.29, 1.82) is 0 Å². The standard InChI is InChI=1S/C13H15N3OS/c1-8-13(18-9(2)15-8)12(17)10-5-6-11(14-7-10)16(3)4/h5-7H,1-4H3. The lowest BCUT2D eigenvalue weighted by Gasteiger charge is -2.10. The van der Waals surface area contributed by atoms with Crippen molar-refractivity contribution in [2.24, 2.45) is 0 Å². The molecule has 2 heterocycles. The summed E-state index contributed by atoms with van der Waals surface area (Å²) in [6.07, 6.45) is 1.62. The lowest BCUT2D eigenvalue weighted by molar-refractivity contribution is 0.104. The van der Waals surface area contributed by atoms with Gasteiger partial charge in [0.2, 0.25) is 5.78 Å². The Morgan fingerprint density at radius 1 is 1.28 bits per heavy atom. The third-order valence-electron chi connectivity index (χ3n) is 2.58. The zero-order chi connectivity index (χ0) is 13.3. The number of rotatable bonds is 3. The molecule has 0 aliphatic carbocycles. The van der Waals surface area contributed by atoms with Crippen molar-refractivity contribution in [3.8, 4) is 0 Å². The minimum absolute atomic E-state index is 0.00379. The number of ketones is 1. The molecule has 0 bridgehead atoms. The SMILES string of the molecule is Cc1nc(C)c(C(=O)c2ccc(N(C)C)nc2)s1. The highest BCUT2D eigenvalue weighted by Crippen LogP contribution is 2.21. The maximum absolute atomic E-state index is 12.3. The van der Waals surface area contributed by atoms with Crippen LogP contribution in [0.3, 0.4) is 0 Å². The van der Waals surface area contributed by atoms with Crippen LogP contribution in [-0.4, -0.2) is 29.8 Å². The predicted molar refractivity (Wildman–Crippen MR) is 73.6 cm³/mol. The Morgan fingerprint density at radius 3 is 2.44 bits per heavy atom. The van der Waals surface area contributed by atoms with Crippen LogP contribution in [0.2, 0.25) is 0 Å². The maximum Gasteiger partial charge on any atom is 0.206 e. The van der Waals surface area contributed by atoms with Gasteiger partial charge in [0.1, 0.15) is 5.82 Å². The van der Waals surface area contributed by atoms with E-state index in [4.69, 9.17) is 0 Å². The summed E-state index contributed by atoms with van der Waals surface area (Å²) < 4.78 is 0. The Balaban J connectivity index is 2.32. The molecule has 2 rings (SSSR count). The van der Waals surface area contributed by atoms with Crippen LogP contribution in [0.1, 0.15) is 25.9 Å². The van der Waals surface area contributed by atoms with Crippen LogP contribution >= 0.6 is 11.3 Å². The smallest absolute Gasteiger partial charge is 0.206 e. The maximum atomic E-state index is 12.3. The first-order valence-electron chi connectivity index (χ1n) is 5.61. The van der Waals surface area contributed by atoms with Crippen LogP contribution in [0, 0.1) is 13.8 Å². The van der Waals surface area contributed by atoms with Gasteiger partial charge in [0, 0.05) is 25.9 Å². The highest BCUT2D eigenvalue weighted by atomic mass is 32.1. The number of hydrogen-bond acceptors (Lipinski definition) is 5. The molecule has 0 aromatic carbocycles. The van der Waals surface area contributed by atoms with E-state index >= 15 is 0 Å². The quantitative estimate of drug-likeness (QED) is 0.796. The summed E-state index contributed by atoms with van der Waals surface area (Å²) in [5.74, 6) is 0.833. The minimum Gasteiger partial charge on any atom is -0.363 e. The molecule has 0 amide bonds. The summed E-state index contributed by atoms with van der Waals surface area (Å²) in [7, 11) is 3.83. The van der Waals surface area contributed by atoms with Crippen LogP contribution in [0.5, 0.6) is 0 Å². The van der Waals surface area contributed by atoms with E-state index in [9.17, 15) is 4.79 Å². The Morgan fingerprint density at radius 2 is 2.00 bits per heavy atom. The van der Waals surface area contributed by atoms with E-state index in [1.165, 1.54) is 11.3 Å². The Hall–Kier alpha value is -1.75. The fourth-order valence-corrected chi connectivity index (χ4v) is 2.54. The second-order valence-electron chi connectivity index (χ2n) is 4.28. The molecule has 0 spiro atoms. The van der Waals surface area contributed by atoms with Crippen LogP contribution in [0.25, 0.3) is 0 Å². The summed E-state index contributed by atoms with van der Waals surface area (Å²) in [6, 6.07) is 3.65. The van der Waals surface area contributed by atoms with E-state index < -0.39 is 0 Å². The van der Waals surface area contributed by atoms with Crippen LogP contribution in [-0.2, 0) is 0 Å². The molecule has 0 unspecified atom stereocenters. The third kappa shape index (κ3) is 2.41. The third-order valence-corrected chi connectivity index (χ3v) is 3.65. The number of pyridine rings is 1. The monoisotopic (exact) mass is 261 g/mol. The number of anilines is 1. The van der Waals surface area contributed by atoms with Crippen LogP contribution in [0.15, 0.2) is 18.3 Å². The number of aromatic nitrogens is 2. The summed E-state index contributed by atoms with van der Waals surface area (Å²) in [6.45, 7) is 3.76. The van der Waals surface area contributed by atoms with Gasteiger partial charge in [0.15, 0.2) is 0 Å². The highest BCUT2D eigenvalue weighted by Gasteiger charge is 2.16. The molecule has 0 aliphatic heterocycles. The molecule has 2 aromatic rings. The predicted octanol–water partition coefficient (Wildman–Crippen LogP) is 2.45. The molecule has 18 heavy (non-hydrogen) atoms. The first-order valence-corrected chi connectivity index (χ1v) is 6.43. The molecular formula is C13H15N3OS. The van der Waals surface area contributed by atoms with Gasteiger partial charge >= 0.3 is 0 Å². The number of hydrogen-bond donors (Lipinski definition) is 0. The molecule has 0 N–H and O–H groups in total. The van der Waals surface area contributed by atoms with E-state index in [0.717, 1.165) is 16.5 Å². The van der Waals surface area contributed by atoms with Gasteiger partial charge in [0.25, 0.3) is 0 Å². The lowest BCUT2D eigenvalue weighted by Crippen LogP contribution is -2.11. The van der Waals surface area contributed by atoms with Crippen molar-refractivity contribution in [1.82, 2.24) is 9.97 Å². The Labute approximate surface area is 110 Å². The molecule has 0 atom stereocenters. The summed E-state index contributed by atoms with van der Waals surface area (Å²) >= 11 is 1.43. The molecule has 4 nitrogen and oxygen atoms in total. The van der Waals surface area contributed by atoms with E-state index in [1.807, 2.05) is 38.9 Å². The summed E-state index contributed by atoms with van der Waals surface area (Å²) in [5, 5.41) is 0.911. The minimum atomic E-state index is -0.00379. The Bertz CT molecular complexity index is 572. The Kier molecular flexibility index (Phi) is 3.43. The van der Waals surface area contributed by atoms with E-state index in [-0.39, 0.29) is 5.78 Å². The van der Waals surface area contributed by atoms with Gasteiger partial charge in [0.05, 0.1) is 15.6 Å². The van der Waals surface area contributed by atoms with Gasteiger partial charge < -0.3 is 4.90 Å². The van der Waals surface area contributed by atoms with E-state index in [1.54, 1.807) is 12.3 Å². The summed E-state index contributed by atoms with van der Waals surface area (Å²) in [5.41, 5.74) is 1.39. The fourth-order valence-electron chi connectivity index (χ4n) is 1.66.